The third-order valence-electron chi connectivity index (χ3n) is 3.68. The number of hydrogen-bond acceptors (Lipinski definition) is 7. The van der Waals surface area contributed by atoms with Gasteiger partial charge in [0.05, 0.1) is 10.6 Å². The molecule has 0 saturated carbocycles. The van der Waals surface area contributed by atoms with E-state index in [-0.39, 0.29) is 22.5 Å². The van der Waals surface area contributed by atoms with E-state index in [4.69, 9.17) is 5.73 Å². The van der Waals surface area contributed by atoms with Crippen molar-refractivity contribution in [2.24, 2.45) is 7.05 Å². The standard InChI is InChI=1S/C15H22N6O3S2/c1-4-21(5-2)26(23,24)12-8-6-11(7-9-12)17-13(22)10-25-15-19-18-14(16)20(15)3/h6-9H,4-5,10H2,1-3H3,(H2,16,18)(H,17,22). The zero-order valence-corrected chi connectivity index (χ0v) is 16.5. The molecule has 1 amide bonds. The number of nitrogens with one attached hydrogen (secondary N) is 1. The number of hydrogen-bond donors (Lipinski definition) is 2. The van der Waals surface area contributed by atoms with Crippen LogP contribution in [-0.4, -0.2) is 52.2 Å². The number of amides is 1. The predicted octanol–water partition coefficient (Wildman–Crippen LogP) is 1.16. The van der Waals surface area contributed by atoms with Crippen LogP contribution in [0.15, 0.2) is 34.3 Å². The Labute approximate surface area is 157 Å². The van der Waals surface area contributed by atoms with Crippen LogP contribution in [0.3, 0.4) is 0 Å². The molecule has 2 aromatic rings. The third kappa shape index (κ3) is 4.54. The Morgan fingerprint density at radius 3 is 2.35 bits per heavy atom. The van der Waals surface area contributed by atoms with E-state index >= 15 is 0 Å². The number of rotatable bonds is 8. The number of nitrogens with two attached hydrogens (primary N) is 1. The van der Waals surface area contributed by atoms with Gasteiger partial charge in [0.2, 0.25) is 21.9 Å². The summed E-state index contributed by atoms with van der Waals surface area (Å²) in [4.78, 5) is 12.2. The van der Waals surface area contributed by atoms with Gasteiger partial charge in [0.25, 0.3) is 0 Å². The van der Waals surface area contributed by atoms with Gasteiger partial charge in [0.1, 0.15) is 0 Å². The summed E-state index contributed by atoms with van der Waals surface area (Å²) in [6.45, 7) is 4.39. The Kier molecular flexibility index (Phi) is 6.62. The van der Waals surface area contributed by atoms with Crippen molar-refractivity contribution < 1.29 is 13.2 Å². The summed E-state index contributed by atoms with van der Waals surface area (Å²) in [7, 11) is -1.80. The largest absolute Gasteiger partial charge is 0.368 e. The van der Waals surface area contributed by atoms with E-state index in [1.54, 1.807) is 37.6 Å². The van der Waals surface area contributed by atoms with E-state index in [1.165, 1.54) is 28.2 Å². The molecule has 0 fully saturated rings. The molecule has 0 aliphatic carbocycles. The Morgan fingerprint density at radius 1 is 1.23 bits per heavy atom. The zero-order valence-electron chi connectivity index (χ0n) is 14.8. The van der Waals surface area contributed by atoms with E-state index < -0.39 is 10.0 Å². The number of thioether (sulfide) groups is 1. The van der Waals surface area contributed by atoms with Crippen molar-refractivity contribution in [1.82, 2.24) is 19.1 Å². The van der Waals surface area contributed by atoms with Crippen molar-refractivity contribution in [1.29, 1.82) is 0 Å². The second-order valence-corrected chi connectivity index (χ2v) is 8.23. The Balaban J connectivity index is 1.98. The number of carbonyl (C=O) groups is 1. The third-order valence-corrected chi connectivity index (χ3v) is 6.77. The monoisotopic (exact) mass is 398 g/mol. The molecule has 0 aliphatic rings. The molecule has 1 heterocycles. The van der Waals surface area contributed by atoms with E-state index in [1.807, 2.05) is 0 Å². The van der Waals surface area contributed by atoms with Crippen LogP contribution in [0.1, 0.15) is 13.8 Å². The maximum atomic E-state index is 12.4. The Morgan fingerprint density at radius 2 is 1.85 bits per heavy atom. The first-order valence-corrected chi connectivity index (χ1v) is 10.4. The van der Waals surface area contributed by atoms with Gasteiger partial charge < -0.3 is 11.1 Å². The van der Waals surface area contributed by atoms with Gasteiger partial charge in [-0.05, 0) is 24.3 Å². The van der Waals surface area contributed by atoms with Gasteiger partial charge in [-0.2, -0.15) is 4.31 Å². The second kappa shape index (κ2) is 8.52. The highest BCUT2D eigenvalue weighted by atomic mass is 32.2. The fraction of sp³-hybridized carbons (Fsp3) is 0.400. The molecule has 11 heteroatoms. The van der Waals surface area contributed by atoms with E-state index in [9.17, 15) is 13.2 Å². The zero-order chi connectivity index (χ0) is 19.3. The van der Waals surface area contributed by atoms with Gasteiger partial charge in [-0.15, -0.1) is 10.2 Å². The fourth-order valence-electron chi connectivity index (χ4n) is 2.20. The average molecular weight is 399 g/mol. The molecule has 0 aliphatic heterocycles. The highest BCUT2D eigenvalue weighted by Crippen LogP contribution is 2.20. The molecule has 0 spiro atoms. The van der Waals surface area contributed by atoms with Gasteiger partial charge in [-0.1, -0.05) is 25.6 Å². The summed E-state index contributed by atoms with van der Waals surface area (Å²) in [5.74, 6) is 0.166. The maximum Gasteiger partial charge on any atom is 0.243 e. The molecule has 3 N–H and O–H groups in total. The van der Waals surface area contributed by atoms with Crippen molar-refractivity contribution in [2.75, 3.05) is 29.9 Å². The van der Waals surface area contributed by atoms with Crippen molar-refractivity contribution in [3.8, 4) is 0 Å². The summed E-state index contributed by atoms with van der Waals surface area (Å²) >= 11 is 1.21. The minimum Gasteiger partial charge on any atom is -0.368 e. The van der Waals surface area contributed by atoms with E-state index in [0.29, 0.717) is 23.9 Å². The van der Waals surface area contributed by atoms with Gasteiger partial charge in [-0.25, -0.2) is 8.42 Å². The maximum absolute atomic E-state index is 12.4. The normalized spacial score (nSPS) is 11.7. The van der Waals surface area contributed by atoms with Crippen LogP contribution >= 0.6 is 11.8 Å². The number of sulfonamides is 1. The second-order valence-electron chi connectivity index (χ2n) is 5.35. The lowest BCUT2D eigenvalue weighted by molar-refractivity contribution is -0.113. The fourth-order valence-corrected chi connectivity index (χ4v) is 4.38. The molecular weight excluding hydrogens is 376 g/mol. The van der Waals surface area contributed by atoms with Crippen LogP contribution in [0.2, 0.25) is 0 Å². The smallest absolute Gasteiger partial charge is 0.243 e. The Bertz CT molecular complexity index is 860. The summed E-state index contributed by atoms with van der Waals surface area (Å²) in [6.07, 6.45) is 0. The molecule has 0 saturated heterocycles. The molecule has 1 aromatic heterocycles. The van der Waals surface area contributed by atoms with Gasteiger partial charge in [0.15, 0.2) is 5.16 Å². The van der Waals surface area contributed by atoms with E-state index in [2.05, 4.69) is 15.5 Å². The SMILES string of the molecule is CCN(CC)S(=O)(=O)c1ccc(NC(=O)CSc2nnc(N)n2C)cc1. The Hall–Kier alpha value is -2.11. The van der Waals surface area contributed by atoms with Crippen LogP contribution in [0.4, 0.5) is 11.6 Å². The summed E-state index contributed by atoms with van der Waals surface area (Å²) in [5.41, 5.74) is 6.10. The van der Waals surface area contributed by atoms with Crippen LogP contribution in [0, 0.1) is 0 Å². The lowest BCUT2D eigenvalue weighted by Crippen LogP contribution is -2.30. The van der Waals surface area contributed by atoms with Gasteiger partial charge >= 0.3 is 0 Å². The number of nitrogens with zero attached hydrogens (tertiary/aromatic N) is 4. The van der Waals surface area contributed by atoms with Crippen LogP contribution in [0.5, 0.6) is 0 Å². The summed E-state index contributed by atoms with van der Waals surface area (Å²) < 4.78 is 27.8. The lowest BCUT2D eigenvalue weighted by Gasteiger charge is -2.18. The summed E-state index contributed by atoms with van der Waals surface area (Å²) in [6, 6.07) is 6.11. The molecule has 1 aromatic carbocycles. The van der Waals surface area contributed by atoms with Crippen molar-refractivity contribution in [3.63, 3.8) is 0 Å². The molecule has 0 radical (unpaired) electrons. The first-order valence-electron chi connectivity index (χ1n) is 7.97. The van der Waals surface area contributed by atoms with Crippen molar-refractivity contribution in [2.45, 2.75) is 23.9 Å². The van der Waals surface area contributed by atoms with E-state index in [0.717, 1.165) is 0 Å². The number of aromatic nitrogens is 3. The number of nitrogen functional groups attached to an aromatic ring is 1. The van der Waals surface area contributed by atoms with Gasteiger partial charge in [-0.3, -0.25) is 9.36 Å². The highest BCUT2D eigenvalue weighted by molar-refractivity contribution is 7.99. The molecular formula is C15H22N6O3S2. The molecule has 2 rings (SSSR count). The lowest BCUT2D eigenvalue weighted by atomic mass is 10.3. The topological polar surface area (TPSA) is 123 Å². The molecule has 26 heavy (non-hydrogen) atoms. The minimum atomic E-state index is -3.51. The predicted molar refractivity (Wildman–Crippen MR) is 101 cm³/mol. The number of carbonyl (C=O) groups excluding carboxylic acids is 1. The van der Waals surface area contributed by atoms with Crippen molar-refractivity contribution >= 4 is 39.3 Å². The van der Waals surface area contributed by atoms with Gasteiger partial charge in [0, 0.05) is 25.8 Å². The number of anilines is 2. The first kappa shape index (κ1) is 20.2. The summed E-state index contributed by atoms with van der Waals surface area (Å²) in [5, 5.41) is 10.8. The van der Waals surface area contributed by atoms with Crippen LogP contribution in [0.25, 0.3) is 0 Å². The van der Waals surface area contributed by atoms with Crippen LogP contribution in [-0.2, 0) is 21.9 Å². The number of benzene rings is 1. The molecule has 142 valence electrons. The van der Waals surface area contributed by atoms with Crippen LogP contribution < -0.4 is 11.1 Å². The highest BCUT2D eigenvalue weighted by Gasteiger charge is 2.21. The molecule has 9 nitrogen and oxygen atoms in total. The molecule has 0 unspecified atom stereocenters. The molecule has 0 atom stereocenters. The minimum absolute atomic E-state index is 0.130. The molecule has 0 bridgehead atoms. The first-order chi connectivity index (χ1) is 12.3. The average Bonchev–Trinajstić information content (AvgIpc) is 2.93. The quantitative estimate of drug-likeness (QED) is 0.640. The van der Waals surface area contributed by atoms with Crippen molar-refractivity contribution in [3.05, 3.63) is 24.3 Å².